The van der Waals surface area contributed by atoms with Crippen LogP contribution in [0.4, 0.5) is 11.4 Å². The molecule has 0 atom stereocenters. The maximum Gasteiger partial charge on any atom is 0.268 e. The van der Waals surface area contributed by atoms with Gasteiger partial charge in [0.05, 0.1) is 16.9 Å². The Hall–Kier alpha value is -3.19. The number of likely N-dealkylation sites (N-methyl/N-ethyl adjacent to an activating group) is 1. The van der Waals surface area contributed by atoms with E-state index in [1.807, 2.05) is 30.3 Å². The van der Waals surface area contributed by atoms with Crippen LogP contribution in [0.1, 0.15) is 9.67 Å². The zero-order chi connectivity index (χ0) is 18.1. The second-order valence-electron chi connectivity index (χ2n) is 5.77. The number of carbonyl (C=O) groups is 2. The van der Waals surface area contributed by atoms with Crippen LogP contribution in [0.3, 0.4) is 0 Å². The first kappa shape index (κ1) is 16.3. The number of amides is 2. The molecule has 1 aromatic heterocycles. The molecule has 4 rings (SSSR count). The Morgan fingerprint density at radius 1 is 1.23 bits per heavy atom. The van der Waals surface area contributed by atoms with Crippen LogP contribution in [-0.4, -0.2) is 30.5 Å². The van der Waals surface area contributed by atoms with Crippen molar-refractivity contribution in [2.45, 2.75) is 0 Å². The van der Waals surface area contributed by atoms with Gasteiger partial charge in [-0.2, -0.15) is 0 Å². The molecule has 0 fully saturated rings. The lowest BCUT2D eigenvalue weighted by atomic mass is 10.1. The quantitative estimate of drug-likeness (QED) is 0.772. The standard InChI is InChI=1S/C19H15N3O3S/c1-22-14-9-13(7-8-15(14)25-10-16(22)23)21-19(24)18-17(20-11-26-18)12-5-3-2-4-6-12/h2-9,11H,10H2,1H3,(H,21,24). The molecule has 7 heteroatoms. The lowest BCUT2D eigenvalue weighted by Gasteiger charge is -2.26. The zero-order valence-corrected chi connectivity index (χ0v) is 14.7. The van der Waals surface area contributed by atoms with Crippen LogP contribution in [0, 0.1) is 0 Å². The molecule has 0 aliphatic carbocycles. The van der Waals surface area contributed by atoms with E-state index in [0.717, 1.165) is 5.56 Å². The first-order chi connectivity index (χ1) is 12.6. The molecule has 0 unspecified atom stereocenters. The van der Waals surface area contributed by atoms with E-state index < -0.39 is 0 Å². The van der Waals surface area contributed by atoms with Crippen molar-refractivity contribution in [1.29, 1.82) is 0 Å². The minimum atomic E-state index is -0.239. The smallest absolute Gasteiger partial charge is 0.268 e. The summed E-state index contributed by atoms with van der Waals surface area (Å²) in [4.78, 5) is 30.9. The summed E-state index contributed by atoms with van der Waals surface area (Å²) in [5.41, 5.74) is 4.42. The lowest BCUT2D eigenvalue weighted by Crippen LogP contribution is -2.35. The summed E-state index contributed by atoms with van der Waals surface area (Å²) in [7, 11) is 1.69. The highest BCUT2D eigenvalue weighted by atomic mass is 32.1. The number of anilines is 2. The van der Waals surface area contributed by atoms with Crippen molar-refractivity contribution < 1.29 is 14.3 Å². The zero-order valence-electron chi connectivity index (χ0n) is 13.9. The van der Waals surface area contributed by atoms with Crippen LogP contribution in [0.5, 0.6) is 5.75 Å². The Kier molecular flexibility index (Phi) is 4.14. The van der Waals surface area contributed by atoms with E-state index in [2.05, 4.69) is 10.3 Å². The number of nitrogens with zero attached hydrogens (tertiary/aromatic N) is 2. The summed E-state index contributed by atoms with van der Waals surface area (Å²) in [6.45, 7) is 0.0243. The molecule has 1 N–H and O–H groups in total. The molecule has 2 aromatic carbocycles. The number of fused-ring (bicyclic) bond motifs is 1. The van der Waals surface area contributed by atoms with Gasteiger partial charge in [0.15, 0.2) is 6.61 Å². The van der Waals surface area contributed by atoms with Crippen molar-refractivity contribution >= 4 is 34.5 Å². The summed E-state index contributed by atoms with van der Waals surface area (Å²) < 4.78 is 5.40. The maximum atomic E-state index is 12.7. The van der Waals surface area contributed by atoms with Crippen LogP contribution >= 0.6 is 11.3 Å². The maximum absolute atomic E-state index is 12.7. The normalized spacial score (nSPS) is 13.1. The van der Waals surface area contributed by atoms with Crippen LogP contribution < -0.4 is 15.0 Å². The van der Waals surface area contributed by atoms with Crippen LogP contribution in [0.2, 0.25) is 0 Å². The summed E-state index contributed by atoms with van der Waals surface area (Å²) in [5.74, 6) is 0.250. The van der Waals surface area contributed by atoms with Crippen molar-refractivity contribution in [2.24, 2.45) is 0 Å². The highest BCUT2D eigenvalue weighted by Gasteiger charge is 2.23. The first-order valence-corrected chi connectivity index (χ1v) is 8.85. The Balaban J connectivity index is 1.61. The van der Waals surface area contributed by atoms with Gasteiger partial charge < -0.3 is 15.0 Å². The fourth-order valence-electron chi connectivity index (χ4n) is 2.75. The van der Waals surface area contributed by atoms with Gasteiger partial charge in [-0.15, -0.1) is 11.3 Å². The third kappa shape index (κ3) is 2.93. The predicted molar refractivity (Wildman–Crippen MR) is 101 cm³/mol. The van der Waals surface area contributed by atoms with Gasteiger partial charge in [0.1, 0.15) is 10.6 Å². The molecule has 0 saturated carbocycles. The number of thiazole rings is 1. The number of aromatic nitrogens is 1. The highest BCUT2D eigenvalue weighted by molar-refractivity contribution is 7.12. The van der Waals surface area contributed by atoms with Crippen molar-refractivity contribution in [3.05, 3.63) is 58.9 Å². The molecular weight excluding hydrogens is 350 g/mol. The molecular formula is C19H15N3O3S. The van der Waals surface area contributed by atoms with Gasteiger partial charge in [-0.25, -0.2) is 4.98 Å². The average Bonchev–Trinajstić information content (AvgIpc) is 3.16. The van der Waals surface area contributed by atoms with E-state index in [4.69, 9.17) is 4.74 Å². The SMILES string of the molecule is CN1C(=O)COc2ccc(NC(=O)c3scnc3-c3ccccc3)cc21. The van der Waals surface area contributed by atoms with E-state index in [-0.39, 0.29) is 18.4 Å². The Morgan fingerprint density at radius 2 is 2.04 bits per heavy atom. The Morgan fingerprint density at radius 3 is 2.85 bits per heavy atom. The summed E-state index contributed by atoms with van der Waals surface area (Å²) >= 11 is 1.29. The van der Waals surface area contributed by atoms with Gasteiger partial charge in [0, 0.05) is 18.3 Å². The van der Waals surface area contributed by atoms with Crippen LogP contribution in [-0.2, 0) is 4.79 Å². The van der Waals surface area contributed by atoms with Crippen molar-refractivity contribution in [2.75, 3.05) is 23.9 Å². The van der Waals surface area contributed by atoms with Crippen molar-refractivity contribution in [3.63, 3.8) is 0 Å². The molecule has 1 aliphatic heterocycles. The van der Waals surface area contributed by atoms with Crippen LogP contribution in [0.15, 0.2) is 54.0 Å². The minimum Gasteiger partial charge on any atom is -0.482 e. The molecule has 2 amide bonds. The predicted octanol–water partition coefficient (Wildman–Crippen LogP) is 3.42. The number of carbonyl (C=O) groups excluding carboxylic acids is 2. The largest absolute Gasteiger partial charge is 0.482 e. The molecule has 0 bridgehead atoms. The number of hydrogen-bond donors (Lipinski definition) is 1. The number of nitrogens with one attached hydrogen (secondary N) is 1. The van der Waals surface area contributed by atoms with E-state index in [1.54, 1.807) is 30.8 Å². The molecule has 130 valence electrons. The molecule has 6 nitrogen and oxygen atoms in total. The number of ether oxygens (including phenoxy) is 1. The Bertz CT molecular complexity index is 985. The second-order valence-corrected chi connectivity index (χ2v) is 6.63. The summed E-state index contributed by atoms with van der Waals surface area (Å²) in [6.07, 6.45) is 0. The number of rotatable bonds is 3. The average molecular weight is 365 g/mol. The highest BCUT2D eigenvalue weighted by Crippen LogP contribution is 2.34. The summed E-state index contributed by atoms with van der Waals surface area (Å²) in [5, 5.41) is 2.88. The fraction of sp³-hybridized carbons (Fsp3) is 0.105. The van der Waals surface area contributed by atoms with Gasteiger partial charge in [-0.3, -0.25) is 9.59 Å². The van der Waals surface area contributed by atoms with Crippen LogP contribution in [0.25, 0.3) is 11.3 Å². The molecule has 2 heterocycles. The molecule has 0 spiro atoms. The second kappa shape index (κ2) is 6.61. The van der Waals surface area contributed by atoms with Gasteiger partial charge in [-0.1, -0.05) is 30.3 Å². The van der Waals surface area contributed by atoms with Gasteiger partial charge >= 0.3 is 0 Å². The monoisotopic (exact) mass is 365 g/mol. The minimum absolute atomic E-state index is 0.0243. The van der Waals surface area contributed by atoms with Crippen molar-refractivity contribution in [3.8, 4) is 17.0 Å². The van der Waals surface area contributed by atoms with Gasteiger partial charge in [0.2, 0.25) is 0 Å². The Labute approximate surface area is 154 Å². The molecule has 1 aliphatic rings. The van der Waals surface area contributed by atoms with Gasteiger partial charge in [-0.05, 0) is 18.2 Å². The number of benzene rings is 2. The topological polar surface area (TPSA) is 71.5 Å². The van der Waals surface area contributed by atoms with Crippen molar-refractivity contribution in [1.82, 2.24) is 4.98 Å². The first-order valence-electron chi connectivity index (χ1n) is 7.97. The third-order valence-electron chi connectivity index (χ3n) is 4.12. The molecule has 3 aromatic rings. The summed E-state index contributed by atoms with van der Waals surface area (Å²) in [6, 6.07) is 14.8. The van der Waals surface area contributed by atoms with E-state index in [0.29, 0.717) is 27.7 Å². The fourth-order valence-corrected chi connectivity index (χ4v) is 3.45. The third-order valence-corrected chi connectivity index (χ3v) is 4.95. The van der Waals surface area contributed by atoms with Gasteiger partial charge in [0.25, 0.3) is 11.8 Å². The molecule has 0 saturated heterocycles. The van der Waals surface area contributed by atoms with E-state index in [9.17, 15) is 9.59 Å². The lowest BCUT2D eigenvalue weighted by molar-refractivity contribution is -0.120. The molecule has 0 radical (unpaired) electrons. The van der Waals surface area contributed by atoms with E-state index >= 15 is 0 Å². The molecule has 26 heavy (non-hydrogen) atoms. The van der Waals surface area contributed by atoms with E-state index in [1.165, 1.54) is 16.2 Å². The number of hydrogen-bond acceptors (Lipinski definition) is 5.